The first-order valence-corrected chi connectivity index (χ1v) is 4.18. The van der Waals surface area contributed by atoms with Crippen LogP contribution in [0.1, 0.15) is 16.1 Å². The Hall–Kier alpha value is -2.10. The number of nitrogens with two attached hydrogens (primary N) is 1. The lowest BCUT2D eigenvalue weighted by Gasteiger charge is -1.94. The van der Waals surface area contributed by atoms with Gasteiger partial charge in [0.2, 0.25) is 11.5 Å². The molecule has 1 aliphatic rings. The van der Waals surface area contributed by atoms with Gasteiger partial charge in [-0.25, -0.2) is 0 Å². The van der Waals surface area contributed by atoms with Crippen LogP contribution in [0, 0.1) is 0 Å². The molecule has 3 rings (SSSR count). The zero-order valence-electron chi connectivity index (χ0n) is 7.15. The summed E-state index contributed by atoms with van der Waals surface area (Å²) < 4.78 is 5.04. The van der Waals surface area contributed by atoms with Crippen molar-refractivity contribution in [2.24, 2.45) is 0 Å². The average molecular weight is 186 g/mol. The SMILES string of the molecule is Nc1nc2c(o1)C(=O)c1ccccc1-2. The van der Waals surface area contributed by atoms with Gasteiger partial charge in [0.15, 0.2) is 0 Å². The third-order valence-corrected chi connectivity index (χ3v) is 2.28. The molecule has 0 aliphatic heterocycles. The summed E-state index contributed by atoms with van der Waals surface area (Å²) in [4.78, 5) is 15.7. The molecule has 0 radical (unpaired) electrons. The lowest BCUT2D eigenvalue weighted by atomic mass is 10.1. The summed E-state index contributed by atoms with van der Waals surface area (Å²) in [7, 11) is 0. The Kier molecular flexibility index (Phi) is 1.16. The van der Waals surface area contributed by atoms with Crippen LogP contribution in [0.3, 0.4) is 0 Å². The highest BCUT2D eigenvalue weighted by molar-refractivity contribution is 6.19. The normalized spacial score (nSPS) is 12.7. The number of aromatic nitrogens is 1. The number of carbonyl (C=O) groups is 1. The Morgan fingerprint density at radius 2 is 1.93 bits per heavy atom. The molecule has 4 nitrogen and oxygen atoms in total. The van der Waals surface area contributed by atoms with Gasteiger partial charge in [0.25, 0.3) is 6.01 Å². The molecule has 1 aliphatic carbocycles. The van der Waals surface area contributed by atoms with Gasteiger partial charge in [-0.2, -0.15) is 4.98 Å². The molecule has 2 N–H and O–H groups in total. The van der Waals surface area contributed by atoms with E-state index in [1.54, 1.807) is 6.07 Å². The summed E-state index contributed by atoms with van der Waals surface area (Å²) in [6.07, 6.45) is 0. The summed E-state index contributed by atoms with van der Waals surface area (Å²) in [6.45, 7) is 0. The van der Waals surface area contributed by atoms with E-state index in [0.29, 0.717) is 11.3 Å². The first-order valence-electron chi connectivity index (χ1n) is 4.18. The maximum absolute atomic E-state index is 11.7. The van der Waals surface area contributed by atoms with Gasteiger partial charge in [0.05, 0.1) is 0 Å². The van der Waals surface area contributed by atoms with Crippen LogP contribution in [0.2, 0.25) is 0 Å². The molecule has 4 heteroatoms. The number of fused-ring (bicyclic) bond motifs is 3. The van der Waals surface area contributed by atoms with Crippen LogP contribution in [0.5, 0.6) is 0 Å². The third-order valence-electron chi connectivity index (χ3n) is 2.28. The lowest BCUT2D eigenvalue weighted by Crippen LogP contribution is -1.94. The highest BCUT2D eigenvalue weighted by Crippen LogP contribution is 2.36. The number of nitrogens with zero attached hydrogens (tertiary/aromatic N) is 1. The first-order chi connectivity index (χ1) is 6.77. The first kappa shape index (κ1) is 7.32. The summed E-state index contributed by atoms with van der Waals surface area (Å²) in [5.74, 6) is 0.114. The fraction of sp³-hybridized carbons (Fsp3) is 0. The number of ketones is 1. The minimum Gasteiger partial charge on any atom is -0.419 e. The fourth-order valence-electron chi connectivity index (χ4n) is 1.68. The van der Waals surface area contributed by atoms with Crippen molar-refractivity contribution in [3.63, 3.8) is 0 Å². The highest BCUT2D eigenvalue weighted by Gasteiger charge is 2.31. The second-order valence-corrected chi connectivity index (χ2v) is 3.10. The van der Waals surface area contributed by atoms with Crippen molar-refractivity contribution >= 4 is 11.8 Å². The molecule has 1 aromatic heterocycles. The third kappa shape index (κ3) is 0.724. The van der Waals surface area contributed by atoms with Gasteiger partial charge < -0.3 is 10.2 Å². The van der Waals surface area contributed by atoms with Crippen molar-refractivity contribution < 1.29 is 9.21 Å². The molecule has 1 aromatic carbocycles. The van der Waals surface area contributed by atoms with E-state index in [9.17, 15) is 4.79 Å². The number of carbonyl (C=O) groups excluding carboxylic acids is 1. The van der Waals surface area contributed by atoms with Crippen molar-refractivity contribution in [1.82, 2.24) is 4.98 Å². The molecular weight excluding hydrogens is 180 g/mol. The minimum absolute atomic E-state index is 0.0397. The zero-order valence-corrected chi connectivity index (χ0v) is 7.15. The van der Waals surface area contributed by atoms with E-state index in [-0.39, 0.29) is 17.6 Å². The van der Waals surface area contributed by atoms with Crippen molar-refractivity contribution in [2.75, 3.05) is 5.73 Å². The van der Waals surface area contributed by atoms with E-state index in [1.807, 2.05) is 18.2 Å². The fourth-order valence-corrected chi connectivity index (χ4v) is 1.68. The van der Waals surface area contributed by atoms with Gasteiger partial charge in [0, 0.05) is 11.1 Å². The standard InChI is InChI=1S/C10H6N2O2/c11-10-12-7-5-3-1-2-4-6(5)8(13)9(7)14-10/h1-4H,(H2,11,12). The smallest absolute Gasteiger partial charge is 0.293 e. The van der Waals surface area contributed by atoms with E-state index in [4.69, 9.17) is 10.2 Å². The summed E-state index contributed by atoms with van der Waals surface area (Å²) in [5, 5.41) is 0. The Bertz CT molecular complexity index is 543. The number of nitrogen functional groups attached to an aromatic ring is 1. The highest BCUT2D eigenvalue weighted by atomic mass is 16.4. The molecule has 0 bridgehead atoms. The Balaban J connectivity index is 2.39. The van der Waals surface area contributed by atoms with E-state index in [1.165, 1.54) is 0 Å². The molecule has 0 atom stereocenters. The van der Waals surface area contributed by atoms with Crippen molar-refractivity contribution in [3.05, 3.63) is 35.6 Å². The number of anilines is 1. The predicted molar refractivity (Wildman–Crippen MR) is 49.8 cm³/mol. The van der Waals surface area contributed by atoms with Crippen LogP contribution in [0.15, 0.2) is 28.7 Å². The van der Waals surface area contributed by atoms with E-state index < -0.39 is 0 Å². The largest absolute Gasteiger partial charge is 0.419 e. The number of oxazole rings is 1. The summed E-state index contributed by atoms with van der Waals surface area (Å²) >= 11 is 0. The van der Waals surface area contributed by atoms with Gasteiger partial charge in [-0.15, -0.1) is 0 Å². The van der Waals surface area contributed by atoms with Gasteiger partial charge in [-0.3, -0.25) is 4.79 Å². The molecular formula is C10H6N2O2. The van der Waals surface area contributed by atoms with Crippen LogP contribution >= 0.6 is 0 Å². The maximum atomic E-state index is 11.7. The van der Waals surface area contributed by atoms with Crippen molar-refractivity contribution in [3.8, 4) is 11.3 Å². The molecule has 0 spiro atoms. The number of hydrogen-bond acceptors (Lipinski definition) is 4. The molecule has 0 saturated heterocycles. The van der Waals surface area contributed by atoms with E-state index in [0.717, 1.165) is 5.56 Å². The van der Waals surface area contributed by atoms with Gasteiger partial charge in [-0.1, -0.05) is 24.3 Å². The summed E-state index contributed by atoms with van der Waals surface area (Å²) in [5.41, 5.74) is 7.37. The molecule has 14 heavy (non-hydrogen) atoms. The Morgan fingerprint density at radius 1 is 1.21 bits per heavy atom. The molecule has 1 heterocycles. The van der Waals surface area contributed by atoms with Crippen molar-refractivity contribution in [1.29, 1.82) is 0 Å². The lowest BCUT2D eigenvalue weighted by molar-refractivity contribution is 0.102. The van der Waals surface area contributed by atoms with Crippen LogP contribution in [0.4, 0.5) is 6.01 Å². The number of hydrogen-bond donors (Lipinski definition) is 1. The quantitative estimate of drug-likeness (QED) is 0.577. The average Bonchev–Trinajstić information content (AvgIpc) is 2.68. The monoisotopic (exact) mass is 186 g/mol. The van der Waals surface area contributed by atoms with Gasteiger partial charge in [-0.05, 0) is 0 Å². The molecule has 68 valence electrons. The van der Waals surface area contributed by atoms with Gasteiger partial charge >= 0.3 is 0 Å². The second kappa shape index (κ2) is 2.23. The molecule has 0 saturated carbocycles. The zero-order chi connectivity index (χ0) is 9.71. The number of benzene rings is 1. The van der Waals surface area contributed by atoms with E-state index in [2.05, 4.69) is 4.98 Å². The van der Waals surface area contributed by atoms with Crippen LogP contribution in [0.25, 0.3) is 11.3 Å². The van der Waals surface area contributed by atoms with E-state index >= 15 is 0 Å². The predicted octanol–water partition coefficient (Wildman–Crippen LogP) is 1.47. The Labute approximate surface area is 79.4 Å². The van der Waals surface area contributed by atoms with Gasteiger partial charge in [0.1, 0.15) is 5.69 Å². The number of rotatable bonds is 0. The molecule has 0 amide bonds. The minimum atomic E-state index is -0.139. The van der Waals surface area contributed by atoms with Crippen LogP contribution < -0.4 is 5.73 Å². The Morgan fingerprint density at radius 3 is 2.71 bits per heavy atom. The summed E-state index contributed by atoms with van der Waals surface area (Å²) in [6, 6.07) is 7.29. The maximum Gasteiger partial charge on any atom is 0.293 e. The molecule has 0 fully saturated rings. The molecule has 2 aromatic rings. The van der Waals surface area contributed by atoms with Crippen molar-refractivity contribution in [2.45, 2.75) is 0 Å². The molecule has 0 unspecified atom stereocenters. The van der Waals surface area contributed by atoms with Crippen LogP contribution in [-0.4, -0.2) is 10.8 Å². The topological polar surface area (TPSA) is 69.1 Å². The second-order valence-electron chi connectivity index (χ2n) is 3.10. The van der Waals surface area contributed by atoms with Crippen LogP contribution in [-0.2, 0) is 0 Å².